The number of H-pyrrole nitrogens is 1. The van der Waals surface area contributed by atoms with Crippen molar-refractivity contribution in [2.45, 2.75) is 77.5 Å². The van der Waals surface area contributed by atoms with E-state index in [2.05, 4.69) is 37.8 Å². The molecule has 0 radical (unpaired) electrons. The summed E-state index contributed by atoms with van der Waals surface area (Å²) in [6, 6.07) is -0.870. The second kappa shape index (κ2) is 11.6. The molecule has 0 spiro atoms. The van der Waals surface area contributed by atoms with Gasteiger partial charge in [0.05, 0.1) is 37.5 Å². The van der Waals surface area contributed by atoms with Gasteiger partial charge in [0.2, 0.25) is 11.8 Å². The molecule has 1 aliphatic heterocycles. The van der Waals surface area contributed by atoms with E-state index in [1.54, 1.807) is 17.1 Å². The number of aromatic amines is 1. The van der Waals surface area contributed by atoms with Gasteiger partial charge in [-0.2, -0.15) is 0 Å². The van der Waals surface area contributed by atoms with Crippen LogP contribution < -0.4 is 10.6 Å². The highest BCUT2D eigenvalue weighted by Gasteiger charge is 2.23. The fourth-order valence-electron chi connectivity index (χ4n) is 3.44. The molecule has 3 atom stereocenters. The Morgan fingerprint density at radius 2 is 2.29 bits per heavy atom. The van der Waals surface area contributed by atoms with E-state index in [1.165, 1.54) is 13.3 Å². The third kappa shape index (κ3) is 7.14. The van der Waals surface area contributed by atoms with Crippen LogP contribution in [0.1, 0.15) is 63.4 Å². The van der Waals surface area contributed by atoms with E-state index in [9.17, 15) is 9.59 Å². The third-order valence-electron chi connectivity index (χ3n) is 5.06. The molecule has 0 aliphatic carbocycles. The number of hydrogen-bond acceptors (Lipinski definition) is 7. The van der Waals surface area contributed by atoms with Crippen LogP contribution in [-0.4, -0.2) is 55.8 Å². The van der Waals surface area contributed by atoms with Gasteiger partial charge < -0.3 is 25.1 Å². The molecule has 170 valence electrons. The Bertz CT molecular complexity index is 823. The maximum Gasteiger partial charge on any atom is 0.249 e. The first-order valence-corrected chi connectivity index (χ1v) is 10.7. The summed E-state index contributed by atoms with van der Waals surface area (Å²) in [7, 11) is 0. The molecule has 1 aliphatic rings. The standard InChI is InChI=1S/C20H31N7O4/c1-3-16-6-4-7-18(31-16)30-9-5-8-27-12-15(25-26-27)10-22-20(29)19(24-14(2)28)17-11-21-13-23-17/h11-13,16,18-19H,3-10H2,1-2H3,(H,21,23)(H,22,29)(H,24,28). The SMILES string of the molecule is CCC1CCCC(OCCCn2cc(CNC(=O)C(NC(C)=O)c3c[nH]cn3)nn2)O1. The van der Waals surface area contributed by atoms with Crippen LogP contribution in [0.25, 0.3) is 0 Å². The molecule has 0 bridgehead atoms. The lowest BCUT2D eigenvalue weighted by Crippen LogP contribution is -2.39. The first-order valence-electron chi connectivity index (χ1n) is 10.7. The van der Waals surface area contributed by atoms with Crippen LogP contribution in [0.15, 0.2) is 18.7 Å². The molecule has 0 aromatic carbocycles. The molecular formula is C20H31N7O4. The highest BCUT2D eigenvalue weighted by Crippen LogP contribution is 2.21. The molecule has 0 saturated carbocycles. The Hall–Kier alpha value is -2.79. The molecule has 2 aromatic rings. The van der Waals surface area contributed by atoms with E-state index in [0.29, 0.717) is 30.6 Å². The first kappa shape index (κ1) is 22.9. The zero-order chi connectivity index (χ0) is 22.1. The minimum atomic E-state index is -0.870. The zero-order valence-corrected chi connectivity index (χ0v) is 18.0. The highest BCUT2D eigenvalue weighted by atomic mass is 16.7. The highest BCUT2D eigenvalue weighted by molar-refractivity contribution is 5.87. The van der Waals surface area contributed by atoms with Crippen LogP contribution >= 0.6 is 0 Å². The van der Waals surface area contributed by atoms with Crippen molar-refractivity contribution in [3.63, 3.8) is 0 Å². The van der Waals surface area contributed by atoms with Gasteiger partial charge in [0.25, 0.3) is 0 Å². The van der Waals surface area contributed by atoms with Crippen molar-refractivity contribution in [1.29, 1.82) is 0 Å². The largest absolute Gasteiger partial charge is 0.353 e. The first-order chi connectivity index (χ1) is 15.0. The number of hydrogen-bond donors (Lipinski definition) is 3. The number of ether oxygens (including phenoxy) is 2. The van der Waals surface area contributed by atoms with E-state index >= 15 is 0 Å². The molecule has 3 unspecified atom stereocenters. The van der Waals surface area contributed by atoms with Gasteiger partial charge in [-0.05, 0) is 32.1 Å². The lowest BCUT2D eigenvalue weighted by atomic mass is 10.1. The minimum absolute atomic E-state index is 0.105. The van der Waals surface area contributed by atoms with Crippen molar-refractivity contribution in [3.8, 4) is 0 Å². The van der Waals surface area contributed by atoms with E-state index in [0.717, 1.165) is 32.1 Å². The number of aryl methyl sites for hydroxylation is 1. The number of aromatic nitrogens is 5. The van der Waals surface area contributed by atoms with Crippen LogP contribution in [0, 0.1) is 0 Å². The molecule has 31 heavy (non-hydrogen) atoms. The molecule has 2 amide bonds. The second-order valence-corrected chi connectivity index (χ2v) is 7.57. The fraction of sp³-hybridized carbons (Fsp3) is 0.650. The van der Waals surface area contributed by atoms with Crippen LogP contribution in [-0.2, 0) is 32.2 Å². The summed E-state index contributed by atoms with van der Waals surface area (Å²) in [6.45, 7) is 4.94. The Morgan fingerprint density at radius 3 is 3.03 bits per heavy atom. The van der Waals surface area contributed by atoms with Gasteiger partial charge in [-0.15, -0.1) is 5.10 Å². The minimum Gasteiger partial charge on any atom is -0.353 e. The number of rotatable bonds is 11. The van der Waals surface area contributed by atoms with Crippen molar-refractivity contribution in [2.75, 3.05) is 6.61 Å². The lowest BCUT2D eigenvalue weighted by molar-refractivity contribution is -0.194. The van der Waals surface area contributed by atoms with Crippen LogP contribution in [0.4, 0.5) is 0 Å². The normalized spacial score (nSPS) is 19.7. The van der Waals surface area contributed by atoms with E-state index in [-0.39, 0.29) is 24.6 Å². The van der Waals surface area contributed by atoms with Crippen LogP contribution in [0.5, 0.6) is 0 Å². The number of nitrogens with one attached hydrogen (secondary N) is 3. The number of amides is 2. The molecule has 1 saturated heterocycles. The summed E-state index contributed by atoms with van der Waals surface area (Å²) in [5.74, 6) is -0.691. The van der Waals surface area contributed by atoms with Crippen molar-refractivity contribution >= 4 is 11.8 Å². The van der Waals surface area contributed by atoms with Gasteiger partial charge in [-0.3, -0.25) is 14.3 Å². The molecule has 2 aromatic heterocycles. The van der Waals surface area contributed by atoms with Crippen molar-refractivity contribution in [3.05, 3.63) is 30.1 Å². The number of carbonyl (C=O) groups excluding carboxylic acids is 2. The summed E-state index contributed by atoms with van der Waals surface area (Å²) < 4.78 is 13.4. The molecule has 11 nitrogen and oxygen atoms in total. The topological polar surface area (TPSA) is 136 Å². The Morgan fingerprint density at radius 1 is 1.42 bits per heavy atom. The zero-order valence-electron chi connectivity index (χ0n) is 18.0. The molecule has 3 heterocycles. The average molecular weight is 434 g/mol. The second-order valence-electron chi connectivity index (χ2n) is 7.57. The monoisotopic (exact) mass is 433 g/mol. The Balaban J connectivity index is 1.39. The number of nitrogens with zero attached hydrogens (tertiary/aromatic N) is 4. The smallest absolute Gasteiger partial charge is 0.249 e. The quantitative estimate of drug-likeness (QED) is 0.453. The summed E-state index contributed by atoms with van der Waals surface area (Å²) in [5, 5.41) is 13.5. The maximum atomic E-state index is 12.5. The Kier molecular flexibility index (Phi) is 8.53. The fourth-order valence-corrected chi connectivity index (χ4v) is 3.44. The van der Waals surface area contributed by atoms with Crippen LogP contribution in [0.3, 0.4) is 0 Å². The van der Waals surface area contributed by atoms with Crippen LogP contribution in [0.2, 0.25) is 0 Å². The summed E-state index contributed by atoms with van der Waals surface area (Å²) in [5.41, 5.74) is 1.06. The Labute approximate surface area is 181 Å². The van der Waals surface area contributed by atoms with Gasteiger partial charge in [0, 0.05) is 19.7 Å². The van der Waals surface area contributed by atoms with Gasteiger partial charge in [0.1, 0.15) is 5.69 Å². The predicted molar refractivity (Wildman–Crippen MR) is 110 cm³/mol. The molecule has 1 fully saturated rings. The molecule has 11 heteroatoms. The summed E-state index contributed by atoms with van der Waals surface area (Å²) in [4.78, 5) is 30.7. The average Bonchev–Trinajstić information content (AvgIpc) is 3.45. The van der Waals surface area contributed by atoms with Gasteiger partial charge in [-0.25, -0.2) is 4.98 Å². The number of carbonyl (C=O) groups is 2. The van der Waals surface area contributed by atoms with Crippen molar-refractivity contribution < 1.29 is 19.1 Å². The van der Waals surface area contributed by atoms with E-state index < -0.39 is 6.04 Å². The maximum absolute atomic E-state index is 12.5. The lowest BCUT2D eigenvalue weighted by Gasteiger charge is -2.29. The third-order valence-corrected chi connectivity index (χ3v) is 5.06. The molecule has 3 N–H and O–H groups in total. The summed E-state index contributed by atoms with van der Waals surface area (Å²) in [6.07, 6.45) is 10.0. The van der Waals surface area contributed by atoms with Gasteiger partial charge in [-0.1, -0.05) is 12.1 Å². The molecular weight excluding hydrogens is 402 g/mol. The van der Waals surface area contributed by atoms with E-state index in [1.807, 2.05) is 0 Å². The van der Waals surface area contributed by atoms with E-state index in [4.69, 9.17) is 9.47 Å². The molecule has 3 rings (SSSR count). The number of imidazole rings is 1. The van der Waals surface area contributed by atoms with Crippen molar-refractivity contribution in [1.82, 2.24) is 35.6 Å². The summed E-state index contributed by atoms with van der Waals surface area (Å²) >= 11 is 0. The van der Waals surface area contributed by atoms with Crippen molar-refractivity contribution in [2.24, 2.45) is 0 Å². The van der Waals surface area contributed by atoms with Gasteiger partial charge >= 0.3 is 0 Å². The van der Waals surface area contributed by atoms with Gasteiger partial charge in [0.15, 0.2) is 12.3 Å². The predicted octanol–water partition coefficient (Wildman–Crippen LogP) is 1.21.